The SMILES string of the molecule is Nc1noc2ccc(-c3cnc4ccc(Cl)nn34)cc12. The van der Waals surface area contributed by atoms with Crippen LogP contribution in [-0.4, -0.2) is 19.8 Å². The third-order valence-electron chi connectivity index (χ3n) is 3.12. The van der Waals surface area contributed by atoms with Crippen molar-refractivity contribution in [2.45, 2.75) is 0 Å². The van der Waals surface area contributed by atoms with Gasteiger partial charge >= 0.3 is 0 Å². The lowest BCUT2D eigenvalue weighted by Gasteiger charge is -2.01. The van der Waals surface area contributed by atoms with Crippen molar-refractivity contribution in [1.29, 1.82) is 0 Å². The van der Waals surface area contributed by atoms with Gasteiger partial charge in [0.1, 0.15) is 5.15 Å². The molecular formula is C13H8ClN5O. The van der Waals surface area contributed by atoms with Gasteiger partial charge in [0, 0.05) is 5.56 Å². The normalized spacial score (nSPS) is 11.4. The van der Waals surface area contributed by atoms with Gasteiger partial charge in [0.15, 0.2) is 17.0 Å². The van der Waals surface area contributed by atoms with Gasteiger partial charge in [-0.25, -0.2) is 9.50 Å². The quantitative estimate of drug-likeness (QED) is 0.581. The molecule has 4 aromatic rings. The Morgan fingerprint density at radius 3 is 3.00 bits per heavy atom. The van der Waals surface area contributed by atoms with E-state index in [0.29, 0.717) is 16.6 Å². The second-order valence-corrected chi connectivity index (χ2v) is 4.74. The highest BCUT2D eigenvalue weighted by Crippen LogP contribution is 2.27. The molecule has 7 heteroatoms. The molecule has 0 aliphatic heterocycles. The molecule has 0 atom stereocenters. The minimum absolute atomic E-state index is 0.363. The Morgan fingerprint density at radius 2 is 2.10 bits per heavy atom. The largest absolute Gasteiger partial charge is 0.380 e. The number of nitrogens with two attached hydrogens (primary N) is 1. The predicted octanol–water partition coefficient (Wildman–Crippen LogP) is 2.77. The second kappa shape index (κ2) is 3.94. The molecule has 2 N–H and O–H groups in total. The van der Waals surface area contributed by atoms with E-state index in [1.165, 1.54) is 0 Å². The molecule has 0 spiro atoms. The first-order valence-corrected chi connectivity index (χ1v) is 6.26. The van der Waals surface area contributed by atoms with Crippen LogP contribution in [0.5, 0.6) is 0 Å². The van der Waals surface area contributed by atoms with Crippen molar-refractivity contribution in [3.05, 3.63) is 41.7 Å². The number of nitrogens with zero attached hydrogens (tertiary/aromatic N) is 4. The second-order valence-electron chi connectivity index (χ2n) is 4.35. The van der Waals surface area contributed by atoms with Crippen molar-refractivity contribution >= 4 is 34.0 Å². The van der Waals surface area contributed by atoms with Crippen molar-refractivity contribution in [2.75, 3.05) is 5.73 Å². The molecule has 0 saturated heterocycles. The molecule has 98 valence electrons. The number of rotatable bonds is 1. The number of imidazole rings is 1. The third-order valence-corrected chi connectivity index (χ3v) is 3.32. The van der Waals surface area contributed by atoms with Crippen LogP contribution in [0, 0.1) is 0 Å². The monoisotopic (exact) mass is 285 g/mol. The fraction of sp³-hybridized carbons (Fsp3) is 0. The fourth-order valence-electron chi connectivity index (χ4n) is 2.16. The Bertz CT molecular complexity index is 942. The lowest BCUT2D eigenvalue weighted by Crippen LogP contribution is -1.94. The fourth-order valence-corrected chi connectivity index (χ4v) is 2.30. The molecule has 1 aromatic carbocycles. The van der Waals surface area contributed by atoms with E-state index in [2.05, 4.69) is 15.2 Å². The van der Waals surface area contributed by atoms with Crippen LogP contribution in [0.1, 0.15) is 0 Å². The number of hydrogen-bond acceptors (Lipinski definition) is 5. The Kier molecular flexibility index (Phi) is 2.22. The van der Waals surface area contributed by atoms with Crippen LogP contribution in [0.2, 0.25) is 5.15 Å². The minimum Gasteiger partial charge on any atom is -0.380 e. The van der Waals surface area contributed by atoms with Crippen molar-refractivity contribution in [1.82, 2.24) is 19.8 Å². The van der Waals surface area contributed by atoms with Crippen molar-refractivity contribution in [3.63, 3.8) is 0 Å². The van der Waals surface area contributed by atoms with Gasteiger partial charge in [-0.3, -0.25) is 0 Å². The molecule has 0 fully saturated rings. The first kappa shape index (κ1) is 11.2. The van der Waals surface area contributed by atoms with Gasteiger partial charge in [0.05, 0.1) is 17.3 Å². The van der Waals surface area contributed by atoms with Gasteiger partial charge in [0.2, 0.25) is 0 Å². The molecule has 0 unspecified atom stereocenters. The Hall–Kier alpha value is -2.60. The number of anilines is 1. The maximum Gasteiger partial charge on any atom is 0.174 e. The predicted molar refractivity (Wildman–Crippen MR) is 75.4 cm³/mol. The number of nitrogen functional groups attached to an aromatic ring is 1. The molecule has 0 aliphatic carbocycles. The van der Waals surface area contributed by atoms with E-state index in [4.69, 9.17) is 21.9 Å². The molecular weight excluding hydrogens is 278 g/mol. The zero-order valence-electron chi connectivity index (χ0n) is 10.1. The number of aromatic nitrogens is 4. The smallest absolute Gasteiger partial charge is 0.174 e. The average Bonchev–Trinajstić information content (AvgIpc) is 3.02. The van der Waals surface area contributed by atoms with Crippen molar-refractivity contribution in [3.8, 4) is 11.3 Å². The van der Waals surface area contributed by atoms with E-state index in [9.17, 15) is 0 Å². The van der Waals surface area contributed by atoms with E-state index in [-0.39, 0.29) is 0 Å². The van der Waals surface area contributed by atoms with Crippen LogP contribution < -0.4 is 5.73 Å². The molecule has 0 bridgehead atoms. The van der Waals surface area contributed by atoms with Gasteiger partial charge in [-0.05, 0) is 30.3 Å². The maximum atomic E-state index is 5.93. The van der Waals surface area contributed by atoms with Crippen LogP contribution in [0.15, 0.2) is 41.1 Å². The summed E-state index contributed by atoms with van der Waals surface area (Å²) >= 11 is 5.93. The third kappa shape index (κ3) is 1.55. The van der Waals surface area contributed by atoms with Crippen molar-refractivity contribution < 1.29 is 4.52 Å². The first-order chi connectivity index (χ1) is 9.72. The molecule has 0 amide bonds. The van der Waals surface area contributed by atoms with Gasteiger partial charge in [0.25, 0.3) is 0 Å². The Labute approximate surface area is 117 Å². The molecule has 0 saturated carbocycles. The molecule has 0 radical (unpaired) electrons. The van der Waals surface area contributed by atoms with E-state index in [1.54, 1.807) is 16.8 Å². The zero-order valence-corrected chi connectivity index (χ0v) is 10.9. The average molecular weight is 286 g/mol. The Morgan fingerprint density at radius 1 is 1.20 bits per heavy atom. The lowest BCUT2D eigenvalue weighted by atomic mass is 10.1. The van der Waals surface area contributed by atoms with E-state index in [0.717, 1.165) is 22.3 Å². The molecule has 4 rings (SSSR count). The Balaban J connectivity index is 2.00. The van der Waals surface area contributed by atoms with Gasteiger partial charge in [-0.15, -0.1) is 0 Å². The minimum atomic E-state index is 0.363. The molecule has 20 heavy (non-hydrogen) atoms. The standard InChI is InChI=1S/C13H8ClN5O/c14-11-3-4-12-16-6-9(19(12)17-11)7-1-2-10-8(5-7)13(15)18-20-10/h1-6H,(H2,15,18). The van der Waals surface area contributed by atoms with Crippen LogP contribution in [-0.2, 0) is 0 Å². The number of halogens is 1. The van der Waals surface area contributed by atoms with Crippen LogP contribution in [0.4, 0.5) is 5.82 Å². The van der Waals surface area contributed by atoms with Crippen LogP contribution in [0.3, 0.4) is 0 Å². The summed E-state index contributed by atoms with van der Waals surface area (Å²) in [6.07, 6.45) is 1.74. The van der Waals surface area contributed by atoms with Crippen molar-refractivity contribution in [2.24, 2.45) is 0 Å². The summed E-state index contributed by atoms with van der Waals surface area (Å²) < 4.78 is 6.78. The van der Waals surface area contributed by atoms with E-state index < -0.39 is 0 Å². The summed E-state index contributed by atoms with van der Waals surface area (Å²) in [5, 5.41) is 9.16. The van der Waals surface area contributed by atoms with Gasteiger partial charge < -0.3 is 10.3 Å². The molecule has 3 aromatic heterocycles. The van der Waals surface area contributed by atoms with Gasteiger partial charge in [-0.2, -0.15) is 5.10 Å². The summed E-state index contributed by atoms with van der Waals surface area (Å²) in [5.41, 5.74) is 8.88. The van der Waals surface area contributed by atoms with E-state index in [1.807, 2.05) is 24.3 Å². The lowest BCUT2D eigenvalue weighted by molar-refractivity contribution is 0.460. The molecule has 6 nitrogen and oxygen atoms in total. The zero-order chi connectivity index (χ0) is 13.7. The highest BCUT2D eigenvalue weighted by atomic mass is 35.5. The van der Waals surface area contributed by atoms with Gasteiger partial charge in [-0.1, -0.05) is 16.8 Å². The van der Waals surface area contributed by atoms with Crippen LogP contribution >= 0.6 is 11.6 Å². The summed E-state index contributed by atoms with van der Waals surface area (Å²) in [6, 6.07) is 9.13. The summed E-state index contributed by atoms with van der Waals surface area (Å²) in [6.45, 7) is 0. The molecule has 3 heterocycles. The number of fused-ring (bicyclic) bond motifs is 2. The summed E-state index contributed by atoms with van der Waals surface area (Å²) in [4.78, 5) is 4.30. The van der Waals surface area contributed by atoms with E-state index >= 15 is 0 Å². The first-order valence-electron chi connectivity index (χ1n) is 5.88. The number of hydrogen-bond donors (Lipinski definition) is 1. The number of benzene rings is 1. The topological polar surface area (TPSA) is 82.2 Å². The molecule has 0 aliphatic rings. The highest BCUT2D eigenvalue weighted by molar-refractivity contribution is 6.29. The summed E-state index contributed by atoms with van der Waals surface area (Å²) in [5.74, 6) is 0.363. The highest BCUT2D eigenvalue weighted by Gasteiger charge is 2.11. The van der Waals surface area contributed by atoms with Crippen LogP contribution in [0.25, 0.3) is 27.9 Å². The maximum absolute atomic E-state index is 5.93. The summed E-state index contributed by atoms with van der Waals surface area (Å²) in [7, 11) is 0.